The number of hydrazone groups is 1. The largest absolute Gasteiger partial charge is 0.482 e. The summed E-state index contributed by atoms with van der Waals surface area (Å²) in [4.78, 5) is 34.9. The SMILES string of the molecule is Cc1ccc(NC(=O)CC(=O)NN=Cc2ccc(OCc3ccccc3)c([N+](=O)[O-])c2)cc1C. The molecule has 0 saturated carbocycles. The van der Waals surface area contributed by atoms with E-state index in [1.54, 1.807) is 12.1 Å². The van der Waals surface area contributed by atoms with E-state index in [0.29, 0.717) is 11.3 Å². The van der Waals surface area contributed by atoms with E-state index in [9.17, 15) is 19.7 Å². The summed E-state index contributed by atoms with van der Waals surface area (Å²) in [5.41, 5.74) is 6.02. The van der Waals surface area contributed by atoms with Crippen LogP contribution in [0, 0.1) is 24.0 Å². The summed E-state index contributed by atoms with van der Waals surface area (Å²) in [6.45, 7) is 4.08. The fraction of sp³-hybridized carbons (Fsp3) is 0.160. The minimum absolute atomic E-state index is 0.123. The Morgan fingerprint density at radius 2 is 1.76 bits per heavy atom. The maximum Gasteiger partial charge on any atom is 0.311 e. The number of anilines is 1. The molecule has 0 unspecified atom stereocenters. The third-order valence-corrected chi connectivity index (χ3v) is 4.93. The van der Waals surface area contributed by atoms with E-state index < -0.39 is 23.2 Å². The predicted octanol–water partition coefficient (Wildman–Crippen LogP) is 4.27. The number of nitrogens with zero attached hydrogens (tertiary/aromatic N) is 2. The smallest absolute Gasteiger partial charge is 0.311 e. The van der Waals surface area contributed by atoms with E-state index in [-0.39, 0.29) is 18.0 Å². The van der Waals surface area contributed by atoms with E-state index >= 15 is 0 Å². The fourth-order valence-corrected chi connectivity index (χ4v) is 3.00. The quantitative estimate of drug-likeness (QED) is 0.214. The second kappa shape index (κ2) is 11.4. The summed E-state index contributed by atoms with van der Waals surface area (Å²) < 4.78 is 5.59. The lowest BCUT2D eigenvalue weighted by molar-refractivity contribution is -0.385. The van der Waals surface area contributed by atoms with Gasteiger partial charge in [-0.05, 0) is 54.8 Å². The maximum atomic E-state index is 12.1. The highest BCUT2D eigenvalue weighted by atomic mass is 16.6. The lowest BCUT2D eigenvalue weighted by Crippen LogP contribution is -2.24. The number of nitro benzene ring substituents is 1. The Balaban J connectivity index is 1.55. The number of amides is 2. The fourth-order valence-electron chi connectivity index (χ4n) is 3.00. The van der Waals surface area contributed by atoms with Crippen LogP contribution in [0.4, 0.5) is 11.4 Å². The van der Waals surface area contributed by atoms with Crippen molar-refractivity contribution in [3.8, 4) is 5.75 Å². The Kier molecular flexibility index (Phi) is 8.07. The number of hydrogen-bond donors (Lipinski definition) is 2. The minimum Gasteiger partial charge on any atom is -0.482 e. The molecular weight excluding hydrogens is 436 g/mol. The van der Waals surface area contributed by atoms with Crippen molar-refractivity contribution in [2.45, 2.75) is 26.9 Å². The van der Waals surface area contributed by atoms with Crippen molar-refractivity contribution < 1.29 is 19.2 Å². The number of nitro groups is 1. The van der Waals surface area contributed by atoms with Crippen molar-refractivity contribution in [3.05, 3.63) is 99.1 Å². The van der Waals surface area contributed by atoms with Crippen LogP contribution in [0.5, 0.6) is 5.75 Å². The summed E-state index contributed by atoms with van der Waals surface area (Å²) in [5, 5.41) is 17.9. The van der Waals surface area contributed by atoms with Gasteiger partial charge in [-0.2, -0.15) is 5.10 Å². The van der Waals surface area contributed by atoms with Crippen molar-refractivity contribution >= 4 is 29.4 Å². The van der Waals surface area contributed by atoms with Crippen molar-refractivity contribution in [1.29, 1.82) is 0 Å². The zero-order valence-corrected chi connectivity index (χ0v) is 18.8. The van der Waals surface area contributed by atoms with Crippen molar-refractivity contribution in [3.63, 3.8) is 0 Å². The lowest BCUT2D eigenvalue weighted by atomic mass is 10.1. The minimum atomic E-state index is -0.616. The molecule has 0 spiro atoms. The van der Waals surface area contributed by atoms with Crippen LogP contribution in [0.25, 0.3) is 0 Å². The molecule has 3 aromatic carbocycles. The Labute approximate surface area is 196 Å². The number of ether oxygens (including phenoxy) is 1. The molecule has 174 valence electrons. The second-order valence-electron chi connectivity index (χ2n) is 7.58. The highest BCUT2D eigenvalue weighted by Crippen LogP contribution is 2.28. The standard InChI is InChI=1S/C25H24N4O5/c1-17-8-10-21(12-18(17)2)27-24(30)14-25(31)28-26-15-20-9-11-23(22(13-20)29(32)33)34-16-19-6-4-3-5-7-19/h3-13,15H,14,16H2,1-2H3,(H,27,30)(H,28,31). The van der Waals surface area contributed by atoms with Crippen LogP contribution in [0.3, 0.4) is 0 Å². The van der Waals surface area contributed by atoms with Crippen LogP contribution in [-0.2, 0) is 16.2 Å². The average molecular weight is 460 g/mol. The molecule has 0 fully saturated rings. The van der Waals surface area contributed by atoms with Crippen molar-refractivity contribution in [2.75, 3.05) is 5.32 Å². The molecule has 3 aromatic rings. The molecule has 2 N–H and O–H groups in total. The Morgan fingerprint density at radius 3 is 2.47 bits per heavy atom. The summed E-state index contributed by atoms with van der Waals surface area (Å²) in [6, 6.07) is 19.1. The second-order valence-corrected chi connectivity index (χ2v) is 7.58. The number of hydrogen-bond acceptors (Lipinski definition) is 6. The zero-order valence-electron chi connectivity index (χ0n) is 18.8. The molecule has 0 aliphatic rings. The van der Waals surface area contributed by atoms with Crippen LogP contribution in [0.15, 0.2) is 71.8 Å². The molecular formula is C25H24N4O5. The predicted molar refractivity (Wildman–Crippen MR) is 129 cm³/mol. The van der Waals surface area contributed by atoms with E-state index in [1.807, 2.05) is 56.3 Å². The molecule has 0 heterocycles. The number of nitrogens with one attached hydrogen (secondary N) is 2. The first-order chi connectivity index (χ1) is 16.3. The first kappa shape index (κ1) is 24.1. The van der Waals surface area contributed by atoms with Gasteiger partial charge in [-0.3, -0.25) is 19.7 Å². The van der Waals surface area contributed by atoms with Gasteiger partial charge in [-0.25, -0.2) is 5.43 Å². The first-order valence-corrected chi connectivity index (χ1v) is 10.5. The van der Waals surface area contributed by atoms with Gasteiger partial charge in [-0.15, -0.1) is 0 Å². The van der Waals surface area contributed by atoms with Crippen LogP contribution in [0.2, 0.25) is 0 Å². The van der Waals surface area contributed by atoms with E-state index in [4.69, 9.17) is 4.74 Å². The summed E-state index contributed by atoms with van der Waals surface area (Å²) in [5.74, 6) is -0.973. The van der Waals surface area contributed by atoms with Gasteiger partial charge >= 0.3 is 5.69 Å². The van der Waals surface area contributed by atoms with Gasteiger partial charge in [0.1, 0.15) is 13.0 Å². The molecule has 34 heavy (non-hydrogen) atoms. The summed E-state index contributed by atoms with van der Waals surface area (Å²) in [6.07, 6.45) is 0.837. The number of benzene rings is 3. The third kappa shape index (κ3) is 6.99. The number of carbonyl (C=O) groups is 2. The number of aryl methyl sites for hydroxylation is 2. The van der Waals surface area contributed by atoms with Gasteiger partial charge in [0.25, 0.3) is 0 Å². The first-order valence-electron chi connectivity index (χ1n) is 10.5. The molecule has 0 aliphatic heterocycles. The number of carbonyl (C=O) groups excluding carboxylic acids is 2. The number of rotatable bonds is 9. The average Bonchev–Trinajstić information content (AvgIpc) is 2.81. The van der Waals surface area contributed by atoms with Gasteiger partial charge in [-0.1, -0.05) is 36.4 Å². The summed E-state index contributed by atoms with van der Waals surface area (Å²) in [7, 11) is 0. The van der Waals surface area contributed by atoms with E-state index in [1.165, 1.54) is 18.3 Å². The Bertz CT molecular complexity index is 1230. The molecule has 3 rings (SSSR count). The molecule has 0 aliphatic carbocycles. The highest BCUT2D eigenvalue weighted by Gasteiger charge is 2.16. The lowest BCUT2D eigenvalue weighted by Gasteiger charge is -2.08. The van der Waals surface area contributed by atoms with Gasteiger partial charge in [0, 0.05) is 17.3 Å². The Morgan fingerprint density at radius 1 is 1.00 bits per heavy atom. The Hall–Kier alpha value is -4.53. The van der Waals surface area contributed by atoms with Crippen LogP contribution >= 0.6 is 0 Å². The van der Waals surface area contributed by atoms with E-state index in [2.05, 4.69) is 15.8 Å². The topological polar surface area (TPSA) is 123 Å². The van der Waals surface area contributed by atoms with Crippen molar-refractivity contribution in [2.24, 2.45) is 5.10 Å². The van der Waals surface area contributed by atoms with Crippen LogP contribution in [-0.4, -0.2) is 23.0 Å². The molecule has 0 atom stereocenters. The third-order valence-electron chi connectivity index (χ3n) is 4.93. The molecule has 2 amide bonds. The normalized spacial score (nSPS) is 10.6. The molecule has 9 nitrogen and oxygen atoms in total. The molecule has 0 bridgehead atoms. The maximum absolute atomic E-state index is 12.1. The molecule has 0 aromatic heterocycles. The molecule has 0 saturated heterocycles. The van der Waals surface area contributed by atoms with Gasteiger partial charge in [0.2, 0.25) is 11.8 Å². The van der Waals surface area contributed by atoms with Crippen molar-refractivity contribution in [1.82, 2.24) is 5.43 Å². The zero-order chi connectivity index (χ0) is 24.5. The summed E-state index contributed by atoms with van der Waals surface area (Å²) >= 11 is 0. The highest BCUT2D eigenvalue weighted by molar-refractivity contribution is 6.03. The molecule has 9 heteroatoms. The van der Waals surface area contributed by atoms with Gasteiger partial charge < -0.3 is 10.1 Å². The molecule has 0 radical (unpaired) electrons. The van der Waals surface area contributed by atoms with Crippen LogP contribution < -0.4 is 15.5 Å². The van der Waals surface area contributed by atoms with Crippen LogP contribution in [0.1, 0.15) is 28.7 Å². The van der Waals surface area contributed by atoms with Gasteiger partial charge in [0.05, 0.1) is 11.1 Å². The van der Waals surface area contributed by atoms with Gasteiger partial charge in [0.15, 0.2) is 5.75 Å². The van der Waals surface area contributed by atoms with E-state index in [0.717, 1.165) is 16.7 Å². The monoisotopic (exact) mass is 460 g/mol.